The molecule has 108 valence electrons. The van der Waals surface area contributed by atoms with Gasteiger partial charge in [0.1, 0.15) is 0 Å². The molecule has 3 aromatic rings. The van der Waals surface area contributed by atoms with Gasteiger partial charge in [-0.25, -0.2) is 0 Å². The fourth-order valence-electron chi connectivity index (χ4n) is 2.50. The molecular formula is C17H20N4. The number of nitrogens with zero attached hydrogens (tertiary/aromatic N) is 3. The van der Waals surface area contributed by atoms with Crippen LogP contribution in [0, 0.1) is 0 Å². The Hall–Kier alpha value is -2.20. The monoisotopic (exact) mass is 280 g/mol. The Bertz CT molecular complexity index is 705. The molecule has 4 nitrogen and oxygen atoms in total. The molecule has 0 fully saturated rings. The summed E-state index contributed by atoms with van der Waals surface area (Å²) in [6.45, 7) is 5.27. The maximum Gasteiger partial charge on any atom is 0.160 e. The zero-order valence-corrected chi connectivity index (χ0v) is 12.4. The van der Waals surface area contributed by atoms with Gasteiger partial charge in [-0.05, 0) is 30.5 Å². The van der Waals surface area contributed by atoms with Crippen molar-refractivity contribution in [1.29, 1.82) is 0 Å². The molecule has 0 bridgehead atoms. The highest BCUT2D eigenvalue weighted by Crippen LogP contribution is 2.16. The molecule has 0 aliphatic carbocycles. The molecule has 21 heavy (non-hydrogen) atoms. The second-order valence-corrected chi connectivity index (χ2v) is 5.43. The second-order valence-electron chi connectivity index (χ2n) is 5.43. The van der Waals surface area contributed by atoms with Crippen LogP contribution in [0.25, 0.3) is 5.65 Å². The zero-order valence-electron chi connectivity index (χ0n) is 12.4. The fourth-order valence-corrected chi connectivity index (χ4v) is 2.50. The van der Waals surface area contributed by atoms with Gasteiger partial charge in [0.25, 0.3) is 0 Å². The van der Waals surface area contributed by atoms with Crippen LogP contribution in [-0.4, -0.2) is 21.1 Å². The Morgan fingerprint density at radius 3 is 2.57 bits per heavy atom. The summed E-state index contributed by atoms with van der Waals surface area (Å²) in [5.41, 5.74) is 2.24. The quantitative estimate of drug-likeness (QED) is 0.780. The highest BCUT2D eigenvalue weighted by atomic mass is 15.3. The smallest absolute Gasteiger partial charge is 0.160 e. The summed E-state index contributed by atoms with van der Waals surface area (Å²) >= 11 is 0. The van der Waals surface area contributed by atoms with E-state index >= 15 is 0 Å². The lowest BCUT2D eigenvalue weighted by Crippen LogP contribution is -2.25. The van der Waals surface area contributed by atoms with E-state index in [2.05, 4.69) is 59.7 Å². The van der Waals surface area contributed by atoms with Crippen LogP contribution in [0.15, 0.2) is 54.7 Å². The molecule has 0 radical (unpaired) electrons. The largest absolute Gasteiger partial charge is 0.307 e. The van der Waals surface area contributed by atoms with Crippen molar-refractivity contribution in [2.45, 2.75) is 25.8 Å². The van der Waals surface area contributed by atoms with Crippen LogP contribution in [-0.2, 0) is 0 Å². The minimum absolute atomic E-state index is 0.161. The highest BCUT2D eigenvalue weighted by Gasteiger charge is 2.14. The normalized spacial score (nSPS) is 14.2. The van der Waals surface area contributed by atoms with Crippen molar-refractivity contribution in [3.8, 4) is 0 Å². The maximum absolute atomic E-state index is 4.30. The second kappa shape index (κ2) is 6.06. The van der Waals surface area contributed by atoms with E-state index in [-0.39, 0.29) is 6.04 Å². The van der Waals surface area contributed by atoms with Crippen molar-refractivity contribution in [2.75, 3.05) is 6.54 Å². The molecule has 0 saturated heterocycles. The van der Waals surface area contributed by atoms with Gasteiger partial charge in [-0.2, -0.15) is 0 Å². The van der Waals surface area contributed by atoms with E-state index in [0.29, 0.717) is 5.92 Å². The van der Waals surface area contributed by atoms with E-state index < -0.39 is 0 Å². The van der Waals surface area contributed by atoms with Crippen molar-refractivity contribution in [1.82, 2.24) is 19.9 Å². The lowest BCUT2D eigenvalue weighted by Gasteiger charge is -2.17. The van der Waals surface area contributed by atoms with Gasteiger partial charge in [-0.15, -0.1) is 10.2 Å². The summed E-state index contributed by atoms with van der Waals surface area (Å²) < 4.78 is 2.03. The van der Waals surface area contributed by atoms with Gasteiger partial charge in [-0.1, -0.05) is 43.3 Å². The predicted molar refractivity (Wildman–Crippen MR) is 84.3 cm³/mol. The lowest BCUT2D eigenvalue weighted by molar-refractivity contribution is 0.513. The molecule has 1 aromatic carbocycles. The van der Waals surface area contributed by atoms with Crippen LogP contribution in [0.1, 0.15) is 37.2 Å². The minimum Gasteiger partial charge on any atom is -0.307 e. The van der Waals surface area contributed by atoms with E-state index in [4.69, 9.17) is 0 Å². The molecule has 0 aliphatic rings. The molecule has 0 aliphatic heterocycles. The number of rotatable bonds is 5. The van der Waals surface area contributed by atoms with E-state index in [1.807, 2.05) is 28.8 Å². The summed E-state index contributed by atoms with van der Waals surface area (Å²) in [7, 11) is 0. The molecule has 1 N–H and O–H groups in total. The van der Waals surface area contributed by atoms with Crippen molar-refractivity contribution in [3.63, 3.8) is 0 Å². The summed E-state index contributed by atoms with van der Waals surface area (Å²) in [5.74, 6) is 1.42. The average molecular weight is 280 g/mol. The Balaban J connectivity index is 1.68. The van der Waals surface area contributed by atoms with Gasteiger partial charge in [0, 0.05) is 12.7 Å². The number of benzene rings is 1. The Morgan fingerprint density at radius 1 is 1.00 bits per heavy atom. The molecular weight excluding hydrogens is 260 g/mol. The van der Waals surface area contributed by atoms with E-state index in [0.717, 1.165) is 18.0 Å². The first-order valence-corrected chi connectivity index (χ1v) is 7.33. The third-order valence-corrected chi connectivity index (χ3v) is 3.83. The predicted octanol–water partition coefficient (Wildman–Crippen LogP) is 3.18. The Labute approximate surface area is 124 Å². The maximum atomic E-state index is 4.30. The Kier molecular flexibility index (Phi) is 3.97. The first-order chi connectivity index (χ1) is 10.3. The first-order valence-electron chi connectivity index (χ1n) is 7.33. The highest BCUT2D eigenvalue weighted by molar-refractivity contribution is 5.37. The topological polar surface area (TPSA) is 42.2 Å². The number of pyridine rings is 1. The number of hydrogen-bond acceptors (Lipinski definition) is 3. The first kappa shape index (κ1) is 13.8. The third kappa shape index (κ3) is 2.95. The Morgan fingerprint density at radius 2 is 1.76 bits per heavy atom. The van der Waals surface area contributed by atoms with Crippen LogP contribution in [0.5, 0.6) is 0 Å². The van der Waals surface area contributed by atoms with Crippen LogP contribution >= 0.6 is 0 Å². The van der Waals surface area contributed by atoms with E-state index in [1.54, 1.807) is 0 Å². The number of fused-ring (bicyclic) bond motifs is 1. The minimum atomic E-state index is 0.161. The van der Waals surface area contributed by atoms with E-state index in [9.17, 15) is 0 Å². The standard InChI is InChI=1S/C17H20N4/c1-13(15-8-4-3-5-9-15)12-18-14(2)17-20-19-16-10-6-7-11-21(16)17/h3-11,13-14,18H,12H2,1-2H3. The van der Waals surface area contributed by atoms with Gasteiger partial charge < -0.3 is 5.32 Å². The van der Waals surface area contributed by atoms with Crippen LogP contribution in [0.2, 0.25) is 0 Å². The zero-order chi connectivity index (χ0) is 14.7. The molecule has 0 saturated carbocycles. The molecule has 2 heterocycles. The molecule has 2 atom stereocenters. The molecule has 2 aromatic heterocycles. The van der Waals surface area contributed by atoms with Crippen molar-refractivity contribution in [2.24, 2.45) is 0 Å². The summed E-state index contributed by atoms with van der Waals surface area (Å²) in [4.78, 5) is 0. The number of aromatic nitrogens is 3. The van der Waals surface area contributed by atoms with Gasteiger partial charge >= 0.3 is 0 Å². The fraction of sp³-hybridized carbons (Fsp3) is 0.294. The van der Waals surface area contributed by atoms with Gasteiger partial charge in [-0.3, -0.25) is 4.40 Å². The van der Waals surface area contributed by atoms with Crippen molar-refractivity contribution >= 4 is 5.65 Å². The number of hydrogen-bond donors (Lipinski definition) is 1. The molecule has 2 unspecified atom stereocenters. The summed E-state index contributed by atoms with van der Waals surface area (Å²) in [6.07, 6.45) is 2.00. The van der Waals surface area contributed by atoms with Crippen LogP contribution in [0.4, 0.5) is 0 Å². The summed E-state index contributed by atoms with van der Waals surface area (Å²) in [6, 6.07) is 16.7. The number of nitrogens with one attached hydrogen (secondary N) is 1. The van der Waals surface area contributed by atoms with Crippen molar-refractivity contribution < 1.29 is 0 Å². The average Bonchev–Trinajstić information content (AvgIpc) is 2.97. The van der Waals surface area contributed by atoms with Gasteiger partial charge in [0.2, 0.25) is 0 Å². The molecule has 3 rings (SSSR count). The van der Waals surface area contributed by atoms with Gasteiger partial charge in [0.05, 0.1) is 6.04 Å². The molecule has 0 amide bonds. The van der Waals surface area contributed by atoms with E-state index in [1.165, 1.54) is 5.56 Å². The SMILES string of the molecule is CC(CNC(C)c1nnc2ccccn12)c1ccccc1. The van der Waals surface area contributed by atoms with Crippen molar-refractivity contribution in [3.05, 3.63) is 66.1 Å². The molecule has 0 spiro atoms. The van der Waals surface area contributed by atoms with Crippen LogP contribution in [0.3, 0.4) is 0 Å². The van der Waals surface area contributed by atoms with Crippen LogP contribution < -0.4 is 5.32 Å². The summed E-state index contributed by atoms with van der Waals surface area (Å²) in [5, 5.41) is 12.0. The lowest BCUT2D eigenvalue weighted by atomic mass is 10.0. The third-order valence-electron chi connectivity index (χ3n) is 3.83. The van der Waals surface area contributed by atoms with Gasteiger partial charge in [0.15, 0.2) is 11.5 Å². The molecule has 4 heteroatoms.